The van der Waals surface area contributed by atoms with E-state index in [9.17, 15) is 13.2 Å². The summed E-state index contributed by atoms with van der Waals surface area (Å²) in [5, 5.41) is 8.78. The fourth-order valence-corrected chi connectivity index (χ4v) is 3.38. The molecule has 0 spiro atoms. The number of carbonyl (C=O) groups is 1. The van der Waals surface area contributed by atoms with E-state index in [1.54, 1.807) is 11.9 Å². The Kier molecular flexibility index (Phi) is 6.36. The van der Waals surface area contributed by atoms with Crippen LogP contribution in [0.1, 0.15) is 35.7 Å². The zero-order chi connectivity index (χ0) is 19.2. The number of hydrogen-bond donors (Lipinski definition) is 1. The number of rotatable bonds is 7. The van der Waals surface area contributed by atoms with Gasteiger partial charge in [-0.2, -0.15) is 5.26 Å². The van der Waals surface area contributed by atoms with Crippen molar-refractivity contribution in [3.05, 3.63) is 59.7 Å². The summed E-state index contributed by atoms with van der Waals surface area (Å²) in [7, 11) is -2.04. The van der Waals surface area contributed by atoms with E-state index >= 15 is 0 Å². The highest BCUT2D eigenvalue weighted by atomic mass is 32.2. The predicted octanol–water partition coefficient (Wildman–Crippen LogP) is 3.23. The van der Waals surface area contributed by atoms with E-state index in [1.165, 1.54) is 48.5 Å². The van der Waals surface area contributed by atoms with E-state index in [-0.39, 0.29) is 10.8 Å². The molecule has 26 heavy (non-hydrogen) atoms. The van der Waals surface area contributed by atoms with E-state index in [4.69, 9.17) is 5.26 Å². The van der Waals surface area contributed by atoms with Crippen LogP contribution in [0.15, 0.2) is 53.4 Å². The zero-order valence-corrected chi connectivity index (χ0v) is 15.6. The highest BCUT2D eigenvalue weighted by Crippen LogP contribution is 2.17. The molecule has 136 valence electrons. The molecule has 6 nitrogen and oxygen atoms in total. The van der Waals surface area contributed by atoms with Crippen LogP contribution in [-0.4, -0.2) is 32.8 Å². The van der Waals surface area contributed by atoms with Gasteiger partial charge in [-0.05, 0) is 55.0 Å². The maximum atomic E-state index is 12.4. The molecule has 0 radical (unpaired) electrons. The molecule has 0 aromatic heterocycles. The average molecular weight is 371 g/mol. The molecule has 7 heteroatoms. The Labute approximate surface area is 154 Å². The summed E-state index contributed by atoms with van der Waals surface area (Å²) in [5.74, 6) is -0.137. The van der Waals surface area contributed by atoms with Crippen LogP contribution in [-0.2, 0) is 10.0 Å². The second-order valence-electron chi connectivity index (χ2n) is 5.90. The predicted molar refractivity (Wildman–Crippen MR) is 100 cm³/mol. The quantitative estimate of drug-likeness (QED) is 0.809. The largest absolute Gasteiger partial charge is 0.342 e. The van der Waals surface area contributed by atoms with E-state index in [1.807, 2.05) is 6.07 Å². The van der Waals surface area contributed by atoms with Crippen LogP contribution in [0, 0.1) is 11.3 Å². The molecule has 0 heterocycles. The molecule has 1 amide bonds. The van der Waals surface area contributed by atoms with Gasteiger partial charge in [-0.25, -0.2) is 8.42 Å². The first-order chi connectivity index (χ1) is 12.4. The third-order valence-electron chi connectivity index (χ3n) is 3.87. The number of anilines is 1. The van der Waals surface area contributed by atoms with Gasteiger partial charge in [0.2, 0.25) is 0 Å². The molecule has 0 aliphatic rings. The summed E-state index contributed by atoms with van der Waals surface area (Å²) < 4.78 is 27.3. The Morgan fingerprint density at radius 3 is 2.27 bits per heavy atom. The van der Waals surface area contributed by atoms with Crippen LogP contribution >= 0.6 is 0 Å². The highest BCUT2D eigenvalue weighted by Gasteiger charge is 2.16. The molecule has 2 aromatic carbocycles. The highest BCUT2D eigenvalue weighted by molar-refractivity contribution is 7.92. The van der Waals surface area contributed by atoms with Crippen molar-refractivity contribution < 1.29 is 13.2 Å². The first kappa shape index (κ1) is 19.5. The van der Waals surface area contributed by atoms with Crippen LogP contribution in [0.3, 0.4) is 0 Å². The zero-order valence-electron chi connectivity index (χ0n) is 14.8. The van der Waals surface area contributed by atoms with Gasteiger partial charge in [0.15, 0.2) is 0 Å². The lowest BCUT2D eigenvalue weighted by Gasteiger charge is -2.17. The number of carbonyl (C=O) groups excluding carboxylic acids is 1. The first-order valence-corrected chi connectivity index (χ1v) is 9.74. The van der Waals surface area contributed by atoms with Gasteiger partial charge in [0.05, 0.1) is 16.5 Å². The van der Waals surface area contributed by atoms with Crippen molar-refractivity contribution in [3.8, 4) is 6.07 Å². The van der Waals surface area contributed by atoms with Gasteiger partial charge < -0.3 is 4.90 Å². The van der Waals surface area contributed by atoms with Crippen LogP contribution in [0.2, 0.25) is 0 Å². The van der Waals surface area contributed by atoms with E-state index < -0.39 is 10.0 Å². The van der Waals surface area contributed by atoms with Crippen LogP contribution in [0.5, 0.6) is 0 Å². The molecular weight excluding hydrogens is 350 g/mol. The van der Waals surface area contributed by atoms with Gasteiger partial charge in [-0.1, -0.05) is 13.3 Å². The number of nitrogens with one attached hydrogen (secondary N) is 1. The lowest BCUT2D eigenvalue weighted by atomic mass is 10.2. The molecule has 0 saturated carbocycles. The topological polar surface area (TPSA) is 90.3 Å². The van der Waals surface area contributed by atoms with Gasteiger partial charge in [0.1, 0.15) is 0 Å². The van der Waals surface area contributed by atoms with Gasteiger partial charge in [-0.3, -0.25) is 9.52 Å². The van der Waals surface area contributed by atoms with Crippen molar-refractivity contribution in [1.82, 2.24) is 4.90 Å². The Balaban J connectivity index is 2.12. The fourth-order valence-electron chi connectivity index (χ4n) is 2.32. The summed E-state index contributed by atoms with van der Waals surface area (Å²) in [4.78, 5) is 14.0. The number of nitriles is 1. The number of nitrogens with zero attached hydrogens (tertiary/aromatic N) is 2. The molecular formula is C19H21N3O3S. The summed E-state index contributed by atoms with van der Waals surface area (Å²) in [6.45, 7) is 2.72. The minimum Gasteiger partial charge on any atom is -0.342 e. The van der Waals surface area contributed by atoms with Crippen molar-refractivity contribution in [2.75, 3.05) is 18.3 Å². The third kappa shape index (κ3) is 4.83. The van der Waals surface area contributed by atoms with Crippen molar-refractivity contribution in [3.63, 3.8) is 0 Å². The second-order valence-corrected chi connectivity index (χ2v) is 7.58. The minimum atomic E-state index is -3.77. The first-order valence-electron chi connectivity index (χ1n) is 8.26. The monoisotopic (exact) mass is 371 g/mol. The Morgan fingerprint density at radius 2 is 1.73 bits per heavy atom. The molecule has 0 aliphatic carbocycles. The Hall–Kier alpha value is -2.85. The summed E-state index contributed by atoms with van der Waals surface area (Å²) in [5.41, 5.74) is 1.26. The Bertz CT molecular complexity index is 899. The van der Waals surface area contributed by atoms with E-state index in [0.29, 0.717) is 23.4 Å². The van der Waals surface area contributed by atoms with E-state index in [2.05, 4.69) is 11.6 Å². The van der Waals surface area contributed by atoms with Crippen LogP contribution in [0.4, 0.5) is 5.69 Å². The fraction of sp³-hybridized carbons (Fsp3) is 0.263. The Morgan fingerprint density at radius 1 is 1.12 bits per heavy atom. The molecule has 0 aliphatic heterocycles. The minimum absolute atomic E-state index is 0.0645. The average Bonchev–Trinajstić information content (AvgIpc) is 2.66. The van der Waals surface area contributed by atoms with Crippen molar-refractivity contribution in [2.24, 2.45) is 0 Å². The molecule has 2 rings (SSSR count). The SMILES string of the molecule is CCCCN(C)C(=O)c1ccc(S(=O)(=O)Nc2ccc(C#N)cc2)cc1. The van der Waals surface area contributed by atoms with Crippen LogP contribution in [0.25, 0.3) is 0 Å². The molecule has 0 fully saturated rings. The van der Waals surface area contributed by atoms with Gasteiger partial charge in [0, 0.05) is 24.8 Å². The maximum Gasteiger partial charge on any atom is 0.261 e. The molecule has 0 atom stereocenters. The second kappa shape index (κ2) is 8.50. The third-order valence-corrected chi connectivity index (χ3v) is 5.27. The number of benzene rings is 2. The van der Waals surface area contributed by atoms with Crippen molar-refractivity contribution in [1.29, 1.82) is 5.26 Å². The summed E-state index contributed by atoms with van der Waals surface area (Å²) in [6, 6.07) is 13.9. The lowest BCUT2D eigenvalue weighted by Crippen LogP contribution is -2.27. The van der Waals surface area contributed by atoms with Crippen molar-refractivity contribution >= 4 is 21.6 Å². The van der Waals surface area contributed by atoms with Crippen molar-refractivity contribution in [2.45, 2.75) is 24.7 Å². The number of sulfonamides is 1. The molecule has 0 saturated heterocycles. The summed E-state index contributed by atoms with van der Waals surface area (Å²) in [6.07, 6.45) is 1.92. The maximum absolute atomic E-state index is 12.4. The molecule has 0 unspecified atom stereocenters. The van der Waals surface area contributed by atoms with Gasteiger partial charge in [-0.15, -0.1) is 0 Å². The van der Waals surface area contributed by atoms with Gasteiger partial charge >= 0.3 is 0 Å². The molecule has 1 N–H and O–H groups in total. The van der Waals surface area contributed by atoms with Gasteiger partial charge in [0.25, 0.3) is 15.9 Å². The molecule has 0 bridgehead atoms. The summed E-state index contributed by atoms with van der Waals surface area (Å²) >= 11 is 0. The standard InChI is InChI=1S/C19H21N3O3S/c1-3-4-13-22(2)19(23)16-7-11-18(12-8-16)26(24,25)21-17-9-5-15(14-20)6-10-17/h5-12,21H,3-4,13H2,1-2H3. The van der Waals surface area contributed by atoms with E-state index in [0.717, 1.165) is 12.8 Å². The molecule has 2 aromatic rings. The number of amides is 1. The lowest BCUT2D eigenvalue weighted by molar-refractivity contribution is 0.0793. The van der Waals surface area contributed by atoms with Crippen LogP contribution < -0.4 is 4.72 Å². The smallest absolute Gasteiger partial charge is 0.261 e. The normalized spacial score (nSPS) is 10.8. The number of unbranched alkanes of at least 4 members (excludes halogenated alkanes) is 1. The number of hydrogen-bond acceptors (Lipinski definition) is 4.